The normalized spacial score (nSPS) is 29.8. The van der Waals surface area contributed by atoms with Gasteiger partial charge in [0.05, 0.1) is 0 Å². The maximum Gasteiger partial charge on any atom is 0.0479 e. The van der Waals surface area contributed by atoms with Crippen LogP contribution in [-0.4, -0.2) is 8.39 Å². The minimum Gasteiger partial charge on any atom is -0.136 e. The van der Waals surface area contributed by atoms with E-state index >= 15 is 0 Å². The van der Waals surface area contributed by atoms with E-state index in [2.05, 4.69) is 25.3 Å². The molecule has 12 heavy (non-hydrogen) atoms. The fraction of sp³-hybridized carbons (Fsp3) is 0.750. The van der Waals surface area contributed by atoms with Gasteiger partial charge in [0.1, 0.15) is 0 Å². The third-order valence-corrected chi connectivity index (χ3v) is 3.82. The van der Waals surface area contributed by atoms with Gasteiger partial charge in [0.15, 0.2) is 0 Å². The molecule has 0 amide bonds. The lowest BCUT2D eigenvalue weighted by Gasteiger charge is -2.26. The summed E-state index contributed by atoms with van der Waals surface area (Å²) < 4.78 is 1.72. The molecule has 0 aliphatic heterocycles. The van der Waals surface area contributed by atoms with Crippen molar-refractivity contribution in [3.8, 4) is 0 Å². The Morgan fingerprint density at radius 1 is 0.833 bits per heavy atom. The average Bonchev–Trinajstić information content (AvgIpc) is 2.04. The zero-order chi connectivity index (χ0) is 9.14. The van der Waals surface area contributed by atoms with Crippen LogP contribution < -0.4 is 0 Å². The lowest BCUT2D eigenvalue weighted by atomic mass is 9.84. The summed E-state index contributed by atoms with van der Waals surface area (Å²) in [4.78, 5) is 0. The minimum absolute atomic E-state index is 0.530. The molecule has 1 rings (SSSR count). The van der Waals surface area contributed by atoms with Crippen molar-refractivity contribution in [1.29, 1.82) is 0 Å². The average molecular weight is 236 g/mol. The summed E-state index contributed by atoms with van der Waals surface area (Å²) in [6.45, 7) is 0. The van der Waals surface area contributed by atoms with Gasteiger partial charge in [0, 0.05) is 8.39 Å². The van der Waals surface area contributed by atoms with Crippen molar-refractivity contribution in [3.05, 3.63) is 0 Å². The minimum atomic E-state index is 0.530. The molecule has 0 bridgehead atoms. The maximum absolute atomic E-state index is 5.03. The molecule has 1 fully saturated rings. The van der Waals surface area contributed by atoms with Gasteiger partial charge in [-0.3, -0.25) is 0 Å². The molecule has 0 atom stereocenters. The van der Waals surface area contributed by atoms with E-state index in [4.69, 9.17) is 24.4 Å². The number of thiocarbonyl (C=S) groups is 2. The number of thiol groups is 2. The van der Waals surface area contributed by atoms with Gasteiger partial charge in [-0.1, -0.05) is 24.4 Å². The molecule has 0 unspecified atom stereocenters. The summed E-state index contributed by atoms with van der Waals surface area (Å²) in [5.41, 5.74) is 0. The molecule has 0 N–H and O–H groups in total. The fourth-order valence-corrected chi connectivity index (χ4v) is 2.58. The van der Waals surface area contributed by atoms with Crippen LogP contribution >= 0.6 is 49.7 Å². The second kappa shape index (κ2) is 4.94. The SMILES string of the molecule is S=C(S)C1CCC(C(=S)S)CC1. The van der Waals surface area contributed by atoms with Crippen molar-refractivity contribution in [1.82, 2.24) is 0 Å². The topological polar surface area (TPSA) is 0 Å². The van der Waals surface area contributed by atoms with Gasteiger partial charge >= 0.3 is 0 Å². The van der Waals surface area contributed by atoms with Crippen molar-refractivity contribution < 1.29 is 0 Å². The van der Waals surface area contributed by atoms with Crippen LogP contribution in [0.3, 0.4) is 0 Å². The van der Waals surface area contributed by atoms with Gasteiger partial charge in [0.2, 0.25) is 0 Å². The Hall–Kier alpha value is 0.880. The standard InChI is InChI=1S/C8H12S4/c9-7(10)5-1-2-6(4-3-5)8(11)12/h5-6H,1-4H2,(H,9,10)(H,11,12). The Balaban J connectivity index is 2.39. The van der Waals surface area contributed by atoms with Gasteiger partial charge in [0.25, 0.3) is 0 Å². The zero-order valence-corrected chi connectivity index (χ0v) is 10.1. The molecule has 0 aromatic heterocycles. The van der Waals surface area contributed by atoms with Crippen LogP contribution in [0, 0.1) is 11.8 Å². The molecule has 0 radical (unpaired) electrons. The van der Waals surface area contributed by atoms with E-state index in [1.54, 1.807) is 0 Å². The van der Waals surface area contributed by atoms with Crippen LogP contribution in [0.25, 0.3) is 0 Å². The fourth-order valence-electron chi connectivity index (χ4n) is 1.59. The molecule has 1 aliphatic rings. The van der Waals surface area contributed by atoms with Crippen LogP contribution in [0.15, 0.2) is 0 Å². The molecule has 0 saturated heterocycles. The first-order valence-electron chi connectivity index (χ1n) is 4.07. The van der Waals surface area contributed by atoms with Gasteiger partial charge in [-0.15, -0.1) is 25.3 Å². The van der Waals surface area contributed by atoms with Crippen LogP contribution in [0.1, 0.15) is 25.7 Å². The Bertz CT molecular complexity index is 169. The first-order valence-corrected chi connectivity index (χ1v) is 5.78. The Labute approximate surface area is 95.3 Å². The van der Waals surface area contributed by atoms with Crippen molar-refractivity contribution in [2.75, 3.05) is 0 Å². The highest BCUT2D eigenvalue weighted by atomic mass is 32.1. The van der Waals surface area contributed by atoms with Crippen LogP contribution in [-0.2, 0) is 0 Å². The highest BCUT2D eigenvalue weighted by molar-refractivity contribution is 8.11. The molecule has 0 aromatic carbocycles. The lowest BCUT2D eigenvalue weighted by molar-refractivity contribution is 0.398. The molecular formula is C8H12S4. The van der Waals surface area contributed by atoms with E-state index in [0.717, 1.165) is 34.1 Å². The Morgan fingerprint density at radius 2 is 1.08 bits per heavy atom. The highest BCUT2D eigenvalue weighted by Crippen LogP contribution is 2.32. The number of rotatable bonds is 2. The van der Waals surface area contributed by atoms with E-state index in [1.807, 2.05) is 0 Å². The summed E-state index contributed by atoms with van der Waals surface area (Å²) in [6, 6.07) is 0. The summed E-state index contributed by atoms with van der Waals surface area (Å²) in [7, 11) is 0. The molecule has 1 saturated carbocycles. The molecule has 0 nitrogen and oxygen atoms in total. The highest BCUT2D eigenvalue weighted by Gasteiger charge is 2.23. The summed E-state index contributed by atoms with van der Waals surface area (Å²) in [5.74, 6) is 1.06. The largest absolute Gasteiger partial charge is 0.136 e. The van der Waals surface area contributed by atoms with E-state index in [0.29, 0.717) is 11.8 Å². The molecule has 0 heterocycles. The van der Waals surface area contributed by atoms with Gasteiger partial charge in [-0.05, 0) is 37.5 Å². The van der Waals surface area contributed by atoms with Gasteiger partial charge in [-0.25, -0.2) is 0 Å². The maximum atomic E-state index is 5.03. The van der Waals surface area contributed by atoms with Crippen LogP contribution in [0.4, 0.5) is 0 Å². The summed E-state index contributed by atoms with van der Waals surface area (Å²) in [6.07, 6.45) is 4.53. The Kier molecular flexibility index (Phi) is 4.51. The molecule has 1 aliphatic carbocycles. The van der Waals surface area contributed by atoms with E-state index in [1.165, 1.54) is 0 Å². The first kappa shape index (κ1) is 11.0. The zero-order valence-electron chi connectivity index (χ0n) is 6.69. The monoisotopic (exact) mass is 236 g/mol. The second-order valence-corrected chi connectivity index (χ2v) is 5.67. The summed E-state index contributed by atoms with van der Waals surface area (Å²) in [5, 5.41) is 0. The lowest BCUT2D eigenvalue weighted by Crippen LogP contribution is -2.20. The predicted octanol–water partition coefficient (Wildman–Crippen LogP) is 3.31. The third-order valence-electron chi connectivity index (χ3n) is 2.43. The van der Waals surface area contributed by atoms with Crippen molar-refractivity contribution in [2.24, 2.45) is 11.8 Å². The molecule has 68 valence electrons. The summed E-state index contributed by atoms with van der Waals surface area (Å²) >= 11 is 18.5. The van der Waals surface area contributed by atoms with Gasteiger partial charge in [-0.2, -0.15) is 0 Å². The molecule has 0 spiro atoms. The predicted molar refractivity (Wildman–Crippen MR) is 68.6 cm³/mol. The van der Waals surface area contributed by atoms with Crippen LogP contribution in [0.5, 0.6) is 0 Å². The molecule has 0 aromatic rings. The van der Waals surface area contributed by atoms with Crippen molar-refractivity contribution in [2.45, 2.75) is 25.7 Å². The Morgan fingerprint density at radius 3 is 1.25 bits per heavy atom. The second-order valence-electron chi connectivity index (χ2n) is 3.23. The molecule has 4 heteroatoms. The first-order chi connectivity index (χ1) is 5.61. The molecular weight excluding hydrogens is 224 g/mol. The van der Waals surface area contributed by atoms with E-state index in [-0.39, 0.29) is 0 Å². The van der Waals surface area contributed by atoms with E-state index < -0.39 is 0 Å². The third kappa shape index (κ3) is 2.98. The number of hydrogen-bond acceptors (Lipinski definition) is 2. The number of hydrogen-bond donors (Lipinski definition) is 2. The van der Waals surface area contributed by atoms with Crippen molar-refractivity contribution in [3.63, 3.8) is 0 Å². The van der Waals surface area contributed by atoms with Gasteiger partial charge < -0.3 is 0 Å². The smallest absolute Gasteiger partial charge is 0.0479 e. The van der Waals surface area contributed by atoms with E-state index in [9.17, 15) is 0 Å². The quantitative estimate of drug-likeness (QED) is 0.558. The van der Waals surface area contributed by atoms with Crippen molar-refractivity contribution >= 4 is 58.1 Å². The van der Waals surface area contributed by atoms with Crippen LogP contribution in [0.2, 0.25) is 0 Å².